The Morgan fingerprint density at radius 1 is 1.22 bits per heavy atom. The van der Waals surface area contributed by atoms with Gasteiger partial charge in [-0.15, -0.1) is 11.3 Å². The molecule has 0 spiro atoms. The molecular formula is C27H23N3O5S2. The van der Waals surface area contributed by atoms with Crippen molar-refractivity contribution in [1.82, 2.24) is 4.98 Å². The minimum atomic E-state index is -0.795. The topological polar surface area (TPSA) is 92.2 Å². The number of ketones is 1. The van der Waals surface area contributed by atoms with Crippen LogP contribution in [0.25, 0.3) is 16.0 Å². The number of aliphatic hydroxyl groups excluding tert-OH is 1. The van der Waals surface area contributed by atoms with Crippen molar-refractivity contribution >= 4 is 61.2 Å². The number of carbonyl (C=O) groups is 2. The first-order chi connectivity index (χ1) is 18.0. The fraction of sp³-hybridized carbons (Fsp3) is 0.222. The highest BCUT2D eigenvalue weighted by molar-refractivity contribution is 7.22. The van der Waals surface area contributed by atoms with Gasteiger partial charge in [0, 0.05) is 17.5 Å². The summed E-state index contributed by atoms with van der Waals surface area (Å²) in [4.78, 5) is 35.7. The van der Waals surface area contributed by atoms with Crippen LogP contribution in [-0.2, 0) is 9.59 Å². The average Bonchev–Trinajstić information content (AvgIpc) is 3.62. The number of ether oxygens (including phenoxy) is 2. The number of thiophene rings is 1. The summed E-state index contributed by atoms with van der Waals surface area (Å²) in [6.07, 6.45) is 0. The van der Waals surface area contributed by atoms with Crippen LogP contribution in [0.15, 0.2) is 59.5 Å². The Morgan fingerprint density at radius 3 is 2.86 bits per heavy atom. The highest BCUT2D eigenvalue weighted by Crippen LogP contribution is 2.46. The quantitative estimate of drug-likeness (QED) is 0.214. The molecule has 4 aromatic rings. The van der Waals surface area contributed by atoms with Crippen LogP contribution in [0.3, 0.4) is 0 Å². The molecule has 1 fully saturated rings. The van der Waals surface area contributed by atoms with Crippen LogP contribution < -0.4 is 19.3 Å². The van der Waals surface area contributed by atoms with Gasteiger partial charge < -0.3 is 19.5 Å². The van der Waals surface area contributed by atoms with Gasteiger partial charge in [-0.1, -0.05) is 17.4 Å². The summed E-state index contributed by atoms with van der Waals surface area (Å²) in [5, 5.41) is 13.7. The van der Waals surface area contributed by atoms with Gasteiger partial charge in [-0.05, 0) is 54.8 Å². The third-order valence-corrected chi connectivity index (χ3v) is 8.39. The van der Waals surface area contributed by atoms with Gasteiger partial charge in [0.05, 0.1) is 34.6 Å². The van der Waals surface area contributed by atoms with Crippen LogP contribution in [0, 0.1) is 0 Å². The number of thiazole rings is 1. The van der Waals surface area contributed by atoms with Crippen LogP contribution in [-0.4, -0.2) is 48.6 Å². The Morgan fingerprint density at radius 2 is 2.08 bits per heavy atom. The second kappa shape index (κ2) is 9.20. The second-order valence-electron chi connectivity index (χ2n) is 8.70. The van der Waals surface area contributed by atoms with E-state index in [1.807, 2.05) is 54.6 Å². The van der Waals surface area contributed by atoms with Crippen LogP contribution in [0.5, 0.6) is 11.5 Å². The summed E-state index contributed by atoms with van der Waals surface area (Å²) in [7, 11) is 1.94. The molecule has 0 aliphatic carbocycles. The predicted molar refractivity (Wildman–Crippen MR) is 145 cm³/mol. The first kappa shape index (κ1) is 23.5. The SMILES string of the molecule is CCOc1ccc2nc(N3C(=O)C(=O)/C(=C(/O)c4ccc5c(c4)N(C)CCO5)C3c3cccs3)sc2c1. The molecule has 10 heteroatoms. The number of rotatable bonds is 5. The highest BCUT2D eigenvalue weighted by atomic mass is 32.1. The number of anilines is 2. The fourth-order valence-electron chi connectivity index (χ4n) is 4.65. The molecule has 1 amide bonds. The van der Waals surface area contributed by atoms with Gasteiger partial charge in [-0.3, -0.25) is 14.5 Å². The Hall–Kier alpha value is -3.89. The normalized spacial score (nSPS) is 18.8. The van der Waals surface area contributed by atoms with Gasteiger partial charge in [-0.25, -0.2) is 4.98 Å². The van der Waals surface area contributed by atoms with Gasteiger partial charge in [0.25, 0.3) is 5.78 Å². The minimum Gasteiger partial charge on any atom is -0.507 e. The lowest BCUT2D eigenvalue weighted by molar-refractivity contribution is -0.132. The number of fused-ring (bicyclic) bond motifs is 2. The maximum atomic E-state index is 13.4. The summed E-state index contributed by atoms with van der Waals surface area (Å²) >= 11 is 2.72. The molecule has 1 unspecified atom stereocenters. The van der Waals surface area contributed by atoms with Crippen molar-refractivity contribution < 1.29 is 24.2 Å². The third kappa shape index (κ3) is 3.93. The van der Waals surface area contributed by atoms with Gasteiger partial charge in [0.15, 0.2) is 5.13 Å². The standard InChI is InChI=1S/C27H23N3O5S2/c1-3-34-16-7-8-17-21(14-16)37-27(28-17)30-23(20-5-4-12-36-20)22(25(32)26(30)33)24(31)15-6-9-19-18(13-15)29(2)10-11-35-19/h4-9,12-14,23,31H,3,10-11H2,1-2H3/b24-22+. The summed E-state index contributed by atoms with van der Waals surface area (Å²) in [6, 6.07) is 13.7. The molecule has 1 saturated heterocycles. The van der Waals surface area contributed by atoms with Crippen LogP contribution >= 0.6 is 22.7 Å². The number of Topliss-reactive ketones (excluding diaryl/α,β-unsaturated/α-hetero) is 1. The molecule has 2 aliphatic rings. The van der Waals surface area contributed by atoms with Gasteiger partial charge in [0.1, 0.15) is 29.9 Å². The van der Waals surface area contributed by atoms with E-state index in [4.69, 9.17) is 9.47 Å². The third-order valence-electron chi connectivity index (χ3n) is 6.45. The maximum absolute atomic E-state index is 13.4. The molecule has 0 bridgehead atoms. The van der Waals surface area contributed by atoms with E-state index in [2.05, 4.69) is 4.98 Å². The second-order valence-corrected chi connectivity index (χ2v) is 10.7. The van der Waals surface area contributed by atoms with Crippen molar-refractivity contribution in [3.63, 3.8) is 0 Å². The number of benzene rings is 2. The van der Waals surface area contributed by atoms with Crippen LogP contribution in [0.2, 0.25) is 0 Å². The number of likely N-dealkylation sites (N-methyl/N-ethyl adjacent to an activating group) is 1. The predicted octanol–water partition coefficient (Wildman–Crippen LogP) is 5.21. The number of hydrogen-bond acceptors (Lipinski definition) is 9. The molecule has 1 N–H and O–H groups in total. The molecule has 6 rings (SSSR count). The van der Waals surface area contributed by atoms with E-state index >= 15 is 0 Å². The zero-order chi connectivity index (χ0) is 25.7. The molecule has 8 nitrogen and oxygen atoms in total. The van der Waals surface area contributed by atoms with E-state index in [-0.39, 0.29) is 11.3 Å². The zero-order valence-corrected chi connectivity index (χ0v) is 21.8. The molecule has 0 radical (unpaired) electrons. The molecule has 188 valence electrons. The maximum Gasteiger partial charge on any atom is 0.301 e. The summed E-state index contributed by atoms with van der Waals surface area (Å²) in [6.45, 7) is 3.73. The van der Waals surface area contributed by atoms with Gasteiger partial charge in [-0.2, -0.15) is 0 Å². The molecular weight excluding hydrogens is 510 g/mol. The molecule has 0 saturated carbocycles. The molecule has 2 aliphatic heterocycles. The molecule has 37 heavy (non-hydrogen) atoms. The summed E-state index contributed by atoms with van der Waals surface area (Å²) in [5.74, 6) is -0.263. The van der Waals surface area contributed by atoms with E-state index in [9.17, 15) is 14.7 Å². The van der Waals surface area contributed by atoms with Crippen molar-refractivity contribution in [2.24, 2.45) is 0 Å². The first-order valence-corrected chi connectivity index (χ1v) is 13.5. The van der Waals surface area contributed by atoms with Gasteiger partial charge >= 0.3 is 5.91 Å². The smallest absolute Gasteiger partial charge is 0.301 e. The lowest BCUT2D eigenvalue weighted by Crippen LogP contribution is -2.29. The lowest BCUT2D eigenvalue weighted by Gasteiger charge is -2.28. The van der Waals surface area contributed by atoms with Crippen molar-refractivity contribution in [3.05, 3.63) is 69.9 Å². The summed E-state index contributed by atoms with van der Waals surface area (Å²) in [5.41, 5.74) is 2.00. The Labute approximate surface area is 221 Å². The number of aromatic nitrogens is 1. The number of aliphatic hydroxyl groups is 1. The van der Waals surface area contributed by atoms with Crippen LogP contribution in [0.1, 0.15) is 23.4 Å². The lowest BCUT2D eigenvalue weighted by atomic mass is 9.99. The van der Waals surface area contributed by atoms with Crippen molar-refractivity contribution in [2.45, 2.75) is 13.0 Å². The van der Waals surface area contributed by atoms with Crippen LogP contribution in [0.4, 0.5) is 10.8 Å². The largest absolute Gasteiger partial charge is 0.507 e. The number of carbonyl (C=O) groups excluding carboxylic acids is 2. The van der Waals surface area contributed by atoms with Crippen molar-refractivity contribution in [2.75, 3.05) is 36.6 Å². The number of amides is 1. The van der Waals surface area contributed by atoms with Crippen molar-refractivity contribution in [3.8, 4) is 11.5 Å². The molecule has 4 heterocycles. The summed E-state index contributed by atoms with van der Waals surface area (Å²) < 4.78 is 12.2. The fourth-order valence-corrected chi connectivity index (χ4v) is 6.50. The Bertz CT molecular complexity index is 1560. The van der Waals surface area contributed by atoms with Crippen molar-refractivity contribution in [1.29, 1.82) is 0 Å². The Balaban J connectivity index is 1.49. The van der Waals surface area contributed by atoms with E-state index < -0.39 is 17.7 Å². The monoisotopic (exact) mass is 533 g/mol. The van der Waals surface area contributed by atoms with E-state index in [0.29, 0.717) is 47.5 Å². The molecule has 2 aromatic carbocycles. The van der Waals surface area contributed by atoms with E-state index in [1.165, 1.54) is 27.6 Å². The highest BCUT2D eigenvalue weighted by Gasteiger charge is 2.48. The number of nitrogens with zero attached hydrogens (tertiary/aromatic N) is 3. The number of hydrogen-bond donors (Lipinski definition) is 1. The van der Waals surface area contributed by atoms with E-state index in [0.717, 1.165) is 15.3 Å². The zero-order valence-electron chi connectivity index (χ0n) is 20.1. The minimum absolute atomic E-state index is 0.0426. The first-order valence-electron chi connectivity index (χ1n) is 11.8. The molecule has 1 atom stereocenters. The Kier molecular flexibility index (Phi) is 5.85. The van der Waals surface area contributed by atoms with Gasteiger partial charge in [0.2, 0.25) is 0 Å². The van der Waals surface area contributed by atoms with E-state index in [1.54, 1.807) is 18.2 Å². The molecule has 2 aromatic heterocycles. The average molecular weight is 534 g/mol.